The lowest BCUT2D eigenvalue weighted by Gasteiger charge is -2.12. The summed E-state index contributed by atoms with van der Waals surface area (Å²) >= 11 is 3.13. The molecule has 6 heteroatoms. The van der Waals surface area contributed by atoms with Crippen LogP contribution in [0.25, 0.3) is 0 Å². The van der Waals surface area contributed by atoms with Gasteiger partial charge >= 0.3 is 0 Å². The van der Waals surface area contributed by atoms with Crippen LogP contribution in [0.3, 0.4) is 0 Å². The van der Waals surface area contributed by atoms with Gasteiger partial charge in [-0.05, 0) is 30.2 Å². The van der Waals surface area contributed by atoms with Gasteiger partial charge in [-0.25, -0.2) is 22.0 Å². The molecule has 0 radical (unpaired) electrons. The van der Waals surface area contributed by atoms with Gasteiger partial charge in [-0.3, -0.25) is 0 Å². The molecule has 0 spiro atoms. The van der Waals surface area contributed by atoms with E-state index >= 15 is 0 Å². The van der Waals surface area contributed by atoms with Crippen LogP contribution in [0.15, 0.2) is 30.3 Å². The maximum atomic E-state index is 13.6. The van der Waals surface area contributed by atoms with Crippen LogP contribution >= 0.6 is 15.9 Å². The third kappa shape index (κ3) is 3.00. The molecule has 0 aliphatic rings. The first-order valence-electron chi connectivity index (χ1n) is 5.61. The van der Waals surface area contributed by atoms with E-state index < -0.39 is 33.9 Å². The van der Waals surface area contributed by atoms with Gasteiger partial charge in [0.2, 0.25) is 0 Å². The van der Waals surface area contributed by atoms with Crippen LogP contribution in [0.2, 0.25) is 0 Å². The number of rotatable bonds is 3. The zero-order valence-electron chi connectivity index (χ0n) is 9.94. The van der Waals surface area contributed by atoms with Crippen molar-refractivity contribution in [1.82, 2.24) is 0 Å². The smallest absolute Gasteiger partial charge is 0.194 e. The fraction of sp³-hybridized carbons (Fsp3) is 0.143. The minimum atomic E-state index is -1.56. The number of benzene rings is 2. The summed E-state index contributed by atoms with van der Waals surface area (Å²) in [5, 5.41) is 0. The van der Waals surface area contributed by atoms with E-state index in [-0.39, 0.29) is 12.0 Å². The van der Waals surface area contributed by atoms with Crippen molar-refractivity contribution in [2.24, 2.45) is 0 Å². The zero-order chi connectivity index (χ0) is 14.9. The summed E-state index contributed by atoms with van der Waals surface area (Å²) in [5.41, 5.74) is 0.309. The number of alkyl halides is 1. The van der Waals surface area contributed by atoms with Crippen molar-refractivity contribution in [3.63, 3.8) is 0 Å². The molecular weight excluding hydrogens is 343 g/mol. The van der Waals surface area contributed by atoms with Crippen molar-refractivity contribution in [1.29, 1.82) is 0 Å². The first-order chi connectivity index (χ1) is 9.40. The van der Waals surface area contributed by atoms with Crippen molar-refractivity contribution in [3.05, 3.63) is 70.5 Å². The molecular formula is C14H8BrF5. The van der Waals surface area contributed by atoms with Gasteiger partial charge in [0.15, 0.2) is 29.1 Å². The largest absolute Gasteiger partial charge is 0.204 e. The summed E-state index contributed by atoms with van der Waals surface area (Å²) < 4.78 is 65.4. The van der Waals surface area contributed by atoms with Crippen molar-refractivity contribution >= 4 is 15.9 Å². The van der Waals surface area contributed by atoms with Gasteiger partial charge in [-0.1, -0.05) is 28.1 Å². The monoisotopic (exact) mass is 350 g/mol. The van der Waals surface area contributed by atoms with Crippen molar-refractivity contribution in [2.45, 2.75) is 11.2 Å². The molecule has 2 aromatic carbocycles. The second kappa shape index (κ2) is 5.91. The third-order valence-corrected chi connectivity index (χ3v) is 3.62. The van der Waals surface area contributed by atoms with Crippen molar-refractivity contribution in [2.75, 3.05) is 0 Å². The maximum Gasteiger partial charge on any atom is 0.194 e. The van der Waals surface area contributed by atoms with Gasteiger partial charge in [0.25, 0.3) is 0 Å². The van der Waals surface area contributed by atoms with Gasteiger partial charge in [-0.2, -0.15) is 0 Å². The SMILES string of the molecule is Fc1ccc(CC(Br)c2ccc(F)c(F)c2F)cc1F. The van der Waals surface area contributed by atoms with Crippen LogP contribution in [0.1, 0.15) is 16.0 Å². The fourth-order valence-electron chi connectivity index (χ4n) is 1.77. The van der Waals surface area contributed by atoms with E-state index in [0.717, 1.165) is 24.3 Å². The average Bonchev–Trinajstić information content (AvgIpc) is 2.40. The molecule has 0 bridgehead atoms. The molecule has 0 fully saturated rings. The summed E-state index contributed by atoms with van der Waals surface area (Å²) in [6, 6.07) is 5.18. The minimum absolute atomic E-state index is 0.0892. The van der Waals surface area contributed by atoms with Gasteiger partial charge in [0, 0.05) is 10.4 Å². The van der Waals surface area contributed by atoms with E-state index in [4.69, 9.17) is 0 Å². The van der Waals surface area contributed by atoms with Crippen molar-refractivity contribution in [3.8, 4) is 0 Å². The molecule has 1 atom stereocenters. The fourth-order valence-corrected chi connectivity index (χ4v) is 2.49. The molecule has 2 aromatic rings. The van der Waals surface area contributed by atoms with Crippen LogP contribution in [0.4, 0.5) is 22.0 Å². The Morgan fingerprint density at radius 3 is 2.10 bits per heavy atom. The number of hydrogen-bond donors (Lipinski definition) is 0. The lowest BCUT2D eigenvalue weighted by atomic mass is 10.0. The van der Waals surface area contributed by atoms with Gasteiger partial charge in [0.1, 0.15) is 0 Å². The number of halogens is 6. The highest BCUT2D eigenvalue weighted by Crippen LogP contribution is 2.31. The molecule has 0 saturated heterocycles. The Bertz CT molecular complexity index is 642. The number of hydrogen-bond acceptors (Lipinski definition) is 0. The molecule has 106 valence electrons. The molecule has 0 saturated carbocycles. The Morgan fingerprint density at radius 2 is 1.45 bits per heavy atom. The summed E-state index contributed by atoms with van der Waals surface area (Å²) in [6.45, 7) is 0. The molecule has 0 N–H and O–H groups in total. The molecule has 0 amide bonds. The highest BCUT2D eigenvalue weighted by Gasteiger charge is 2.19. The third-order valence-electron chi connectivity index (χ3n) is 2.80. The molecule has 0 nitrogen and oxygen atoms in total. The Balaban J connectivity index is 2.26. The second-order valence-corrected chi connectivity index (χ2v) is 5.29. The Labute approximate surface area is 120 Å². The normalized spacial score (nSPS) is 12.5. The predicted molar refractivity (Wildman–Crippen MR) is 68.0 cm³/mol. The standard InChI is InChI=1S/C14H8BrF5/c15-9(5-7-1-3-10(16)12(18)6-7)8-2-4-11(17)14(20)13(8)19/h1-4,6,9H,5H2. The average molecular weight is 351 g/mol. The van der Waals surface area contributed by atoms with E-state index in [1.165, 1.54) is 6.07 Å². The molecule has 1 unspecified atom stereocenters. The molecule has 0 aliphatic heterocycles. The highest BCUT2D eigenvalue weighted by molar-refractivity contribution is 9.09. The van der Waals surface area contributed by atoms with Crippen LogP contribution in [-0.4, -0.2) is 0 Å². The van der Waals surface area contributed by atoms with Crippen LogP contribution in [0, 0.1) is 29.1 Å². The predicted octanol–water partition coefficient (Wildman–Crippen LogP) is 5.06. The Morgan fingerprint density at radius 1 is 0.800 bits per heavy atom. The Hall–Kier alpha value is -1.43. The van der Waals surface area contributed by atoms with E-state index in [9.17, 15) is 22.0 Å². The van der Waals surface area contributed by atoms with Gasteiger partial charge < -0.3 is 0 Å². The van der Waals surface area contributed by atoms with E-state index in [0.29, 0.717) is 5.56 Å². The van der Waals surface area contributed by atoms with Crippen LogP contribution in [0.5, 0.6) is 0 Å². The summed E-state index contributed by atoms with van der Waals surface area (Å²) in [6.07, 6.45) is 0.0964. The highest BCUT2D eigenvalue weighted by atomic mass is 79.9. The quantitative estimate of drug-likeness (QED) is 0.412. The van der Waals surface area contributed by atoms with E-state index in [1.807, 2.05) is 0 Å². The lowest BCUT2D eigenvalue weighted by molar-refractivity contribution is 0.440. The molecule has 0 aromatic heterocycles. The Kier molecular flexibility index (Phi) is 4.42. The molecule has 0 aliphatic carbocycles. The van der Waals surface area contributed by atoms with Gasteiger partial charge in [-0.15, -0.1) is 0 Å². The summed E-state index contributed by atoms with van der Waals surface area (Å²) in [4.78, 5) is -0.692. The molecule has 20 heavy (non-hydrogen) atoms. The van der Waals surface area contributed by atoms with Crippen LogP contribution in [-0.2, 0) is 6.42 Å². The zero-order valence-corrected chi connectivity index (χ0v) is 11.5. The first kappa shape index (κ1) is 15.0. The first-order valence-corrected chi connectivity index (χ1v) is 6.53. The lowest BCUT2D eigenvalue weighted by Crippen LogP contribution is -2.03. The summed E-state index contributed by atoms with van der Waals surface area (Å²) in [5.74, 6) is -6.14. The topological polar surface area (TPSA) is 0 Å². The molecule has 0 heterocycles. The van der Waals surface area contributed by atoms with Gasteiger partial charge in [0.05, 0.1) is 0 Å². The molecule has 2 rings (SSSR count). The van der Waals surface area contributed by atoms with E-state index in [1.54, 1.807) is 0 Å². The minimum Gasteiger partial charge on any atom is -0.204 e. The maximum absolute atomic E-state index is 13.6. The van der Waals surface area contributed by atoms with Crippen LogP contribution < -0.4 is 0 Å². The second-order valence-electron chi connectivity index (χ2n) is 4.18. The van der Waals surface area contributed by atoms with E-state index in [2.05, 4.69) is 15.9 Å². The van der Waals surface area contributed by atoms with Crippen molar-refractivity contribution < 1.29 is 22.0 Å². The summed E-state index contributed by atoms with van der Waals surface area (Å²) in [7, 11) is 0.